The Labute approximate surface area is 118 Å². The molecule has 1 aromatic heterocycles. The van der Waals surface area contributed by atoms with Crippen LogP contribution in [-0.2, 0) is 4.79 Å². The van der Waals surface area contributed by atoms with Crippen molar-refractivity contribution in [3.8, 4) is 0 Å². The van der Waals surface area contributed by atoms with Crippen LogP contribution in [0, 0.1) is 11.2 Å². The summed E-state index contributed by atoms with van der Waals surface area (Å²) in [5.74, 6) is -1.10. The second-order valence-electron chi connectivity index (χ2n) is 5.77. The van der Waals surface area contributed by atoms with Gasteiger partial charge in [0.1, 0.15) is 5.82 Å². The Bertz CT molecular complexity index is 477. The average Bonchev–Trinajstić information content (AvgIpc) is 2.42. The summed E-state index contributed by atoms with van der Waals surface area (Å²) in [4.78, 5) is 17.7. The van der Waals surface area contributed by atoms with E-state index in [9.17, 15) is 14.3 Å². The molecule has 1 aromatic rings. The Kier molecular flexibility index (Phi) is 4.38. The maximum atomic E-state index is 13.0. The number of pyridine rings is 1. The van der Waals surface area contributed by atoms with Crippen LogP contribution in [0.1, 0.15) is 44.8 Å². The number of carboxylic acid groups (broad SMARTS) is 1. The van der Waals surface area contributed by atoms with Crippen LogP contribution < -0.4 is 0 Å². The van der Waals surface area contributed by atoms with Crippen LogP contribution >= 0.6 is 0 Å². The number of carboxylic acids is 1. The van der Waals surface area contributed by atoms with Gasteiger partial charge >= 0.3 is 5.97 Å². The fraction of sp³-hybridized carbons (Fsp3) is 0.600. The van der Waals surface area contributed by atoms with E-state index < -0.39 is 11.4 Å². The maximum absolute atomic E-state index is 13.0. The van der Waals surface area contributed by atoms with Crippen LogP contribution in [-0.4, -0.2) is 34.0 Å². The van der Waals surface area contributed by atoms with Crippen LogP contribution in [0.4, 0.5) is 4.39 Å². The number of halogens is 1. The van der Waals surface area contributed by atoms with Gasteiger partial charge in [0, 0.05) is 6.54 Å². The molecule has 1 aliphatic heterocycles. The van der Waals surface area contributed by atoms with Crippen LogP contribution in [0.5, 0.6) is 0 Å². The first-order chi connectivity index (χ1) is 9.46. The number of aromatic nitrogens is 1. The van der Waals surface area contributed by atoms with Gasteiger partial charge in [-0.25, -0.2) is 4.39 Å². The number of likely N-dealkylation sites (tertiary alicyclic amines) is 1. The SMILES string of the molecule is CCC(c1ccc(F)cn1)N1CCCC(C)(C(=O)O)C1. The lowest BCUT2D eigenvalue weighted by Crippen LogP contribution is -2.47. The van der Waals surface area contributed by atoms with Crippen molar-refractivity contribution in [2.45, 2.75) is 39.2 Å². The standard InChI is InChI=1S/C15H21FN2O2/c1-3-13(12-6-5-11(16)9-17-12)18-8-4-7-15(2,10-18)14(19)20/h5-6,9,13H,3-4,7-8,10H2,1-2H3,(H,19,20). The molecule has 4 nitrogen and oxygen atoms in total. The highest BCUT2D eigenvalue weighted by molar-refractivity contribution is 5.74. The second kappa shape index (κ2) is 5.87. The van der Waals surface area contributed by atoms with Crippen molar-refractivity contribution in [1.29, 1.82) is 0 Å². The van der Waals surface area contributed by atoms with E-state index in [0.29, 0.717) is 13.0 Å². The number of rotatable bonds is 4. The third-order valence-electron chi connectivity index (χ3n) is 4.16. The maximum Gasteiger partial charge on any atom is 0.310 e. The van der Waals surface area contributed by atoms with E-state index in [0.717, 1.165) is 25.1 Å². The summed E-state index contributed by atoms with van der Waals surface area (Å²) in [6.45, 7) is 5.22. The monoisotopic (exact) mass is 280 g/mol. The third-order valence-corrected chi connectivity index (χ3v) is 4.16. The molecule has 5 heteroatoms. The molecular weight excluding hydrogens is 259 g/mol. The summed E-state index contributed by atoms with van der Waals surface area (Å²) >= 11 is 0. The van der Waals surface area contributed by atoms with Crippen molar-refractivity contribution in [3.05, 3.63) is 29.8 Å². The molecule has 0 saturated carbocycles. The quantitative estimate of drug-likeness (QED) is 0.921. The van der Waals surface area contributed by atoms with E-state index in [1.165, 1.54) is 12.3 Å². The molecule has 0 radical (unpaired) electrons. The Morgan fingerprint density at radius 3 is 2.90 bits per heavy atom. The number of hydrogen-bond acceptors (Lipinski definition) is 3. The molecule has 0 bridgehead atoms. The zero-order valence-electron chi connectivity index (χ0n) is 12.0. The Morgan fingerprint density at radius 1 is 1.60 bits per heavy atom. The number of aliphatic carboxylic acids is 1. The molecule has 2 atom stereocenters. The van der Waals surface area contributed by atoms with Crippen LogP contribution in [0.3, 0.4) is 0 Å². The number of piperidine rings is 1. The van der Waals surface area contributed by atoms with Gasteiger partial charge in [-0.1, -0.05) is 6.92 Å². The van der Waals surface area contributed by atoms with E-state index in [1.807, 2.05) is 6.92 Å². The van der Waals surface area contributed by atoms with E-state index in [1.54, 1.807) is 13.0 Å². The molecule has 0 spiro atoms. The molecule has 0 aromatic carbocycles. The fourth-order valence-electron chi connectivity index (χ4n) is 2.96. The predicted molar refractivity (Wildman–Crippen MR) is 73.8 cm³/mol. The van der Waals surface area contributed by atoms with Gasteiger partial charge in [-0.05, 0) is 44.9 Å². The smallest absolute Gasteiger partial charge is 0.310 e. The van der Waals surface area contributed by atoms with Crippen molar-refractivity contribution in [2.75, 3.05) is 13.1 Å². The molecule has 1 fully saturated rings. The first-order valence-corrected chi connectivity index (χ1v) is 7.05. The van der Waals surface area contributed by atoms with Crippen molar-refractivity contribution in [2.24, 2.45) is 5.41 Å². The minimum absolute atomic E-state index is 0.0505. The molecule has 2 unspecified atom stereocenters. The van der Waals surface area contributed by atoms with E-state index in [4.69, 9.17) is 0 Å². The highest BCUT2D eigenvalue weighted by Gasteiger charge is 2.39. The summed E-state index contributed by atoms with van der Waals surface area (Å²) in [6.07, 6.45) is 3.61. The van der Waals surface area contributed by atoms with Crippen molar-refractivity contribution >= 4 is 5.97 Å². The van der Waals surface area contributed by atoms with E-state index >= 15 is 0 Å². The molecule has 1 aliphatic rings. The lowest BCUT2D eigenvalue weighted by atomic mass is 9.81. The predicted octanol–water partition coefficient (Wildman–Crippen LogP) is 2.86. The van der Waals surface area contributed by atoms with Gasteiger partial charge in [0.25, 0.3) is 0 Å². The van der Waals surface area contributed by atoms with Crippen LogP contribution in [0.2, 0.25) is 0 Å². The largest absolute Gasteiger partial charge is 0.481 e. The van der Waals surface area contributed by atoms with Gasteiger partial charge in [0.15, 0.2) is 0 Å². The molecule has 2 rings (SSSR count). The van der Waals surface area contributed by atoms with Crippen LogP contribution in [0.15, 0.2) is 18.3 Å². The van der Waals surface area contributed by atoms with E-state index in [-0.39, 0.29) is 11.9 Å². The van der Waals surface area contributed by atoms with Crippen molar-refractivity contribution < 1.29 is 14.3 Å². The topological polar surface area (TPSA) is 53.4 Å². The first kappa shape index (κ1) is 14.9. The fourth-order valence-corrected chi connectivity index (χ4v) is 2.96. The normalized spacial score (nSPS) is 25.4. The van der Waals surface area contributed by atoms with Gasteiger partial charge in [0.05, 0.1) is 23.3 Å². The zero-order chi connectivity index (χ0) is 14.8. The molecular formula is C15H21FN2O2. The molecule has 1 saturated heterocycles. The van der Waals surface area contributed by atoms with Crippen molar-refractivity contribution in [1.82, 2.24) is 9.88 Å². The lowest BCUT2D eigenvalue weighted by molar-refractivity contribution is -0.151. The van der Waals surface area contributed by atoms with Gasteiger partial charge in [-0.2, -0.15) is 0 Å². The zero-order valence-corrected chi connectivity index (χ0v) is 12.0. The molecule has 2 heterocycles. The molecule has 0 aliphatic carbocycles. The molecule has 20 heavy (non-hydrogen) atoms. The number of nitrogens with zero attached hydrogens (tertiary/aromatic N) is 2. The van der Waals surface area contributed by atoms with E-state index in [2.05, 4.69) is 9.88 Å². The van der Waals surface area contributed by atoms with Crippen molar-refractivity contribution in [3.63, 3.8) is 0 Å². The Hall–Kier alpha value is -1.49. The summed E-state index contributed by atoms with van der Waals surface area (Å²) in [6, 6.07) is 3.15. The Balaban J connectivity index is 2.19. The van der Waals surface area contributed by atoms with Gasteiger partial charge in [-0.15, -0.1) is 0 Å². The Morgan fingerprint density at radius 2 is 2.35 bits per heavy atom. The van der Waals surface area contributed by atoms with Gasteiger partial charge < -0.3 is 5.11 Å². The lowest BCUT2D eigenvalue weighted by Gasteiger charge is -2.41. The highest BCUT2D eigenvalue weighted by Crippen LogP contribution is 2.35. The first-order valence-electron chi connectivity index (χ1n) is 7.05. The summed E-state index contributed by atoms with van der Waals surface area (Å²) in [7, 11) is 0. The second-order valence-corrected chi connectivity index (χ2v) is 5.77. The molecule has 0 amide bonds. The molecule has 110 valence electrons. The molecule has 1 N–H and O–H groups in total. The summed E-state index contributed by atoms with van der Waals surface area (Å²) in [5.41, 5.74) is 0.106. The summed E-state index contributed by atoms with van der Waals surface area (Å²) in [5, 5.41) is 9.38. The average molecular weight is 280 g/mol. The third kappa shape index (κ3) is 2.98. The summed E-state index contributed by atoms with van der Waals surface area (Å²) < 4.78 is 13.0. The highest BCUT2D eigenvalue weighted by atomic mass is 19.1. The number of carbonyl (C=O) groups is 1. The van der Waals surface area contributed by atoms with Gasteiger partial charge in [-0.3, -0.25) is 14.7 Å². The number of hydrogen-bond donors (Lipinski definition) is 1. The minimum atomic E-state index is -0.746. The minimum Gasteiger partial charge on any atom is -0.481 e. The van der Waals surface area contributed by atoms with Crippen LogP contribution in [0.25, 0.3) is 0 Å². The van der Waals surface area contributed by atoms with Gasteiger partial charge in [0.2, 0.25) is 0 Å².